The minimum atomic E-state index is -0.824. The molecule has 47 heavy (non-hydrogen) atoms. The maximum Gasteiger partial charge on any atom is 0.315 e. The largest absolute Gasteiger partial charge is 0.481 e. The first-order chi connectivity index (χ1) is 22.6. The minimum Gasteiger partial charge on any atom is -0.481 e. The molecule has 0 fully saturated rings. The summed E-state index contributed by atoms with van der Waals surface area (Å²) in [5.41, 5.74) is 5.65. The third-order valence-corrected chi connectivity index (χ3v) is 7.88. The zero-order chi connectivity index (χ0) is 34.6. The van der Waals surface area contributed by atoms with Gasteiger partial charge in [-0.15, -0.1) is 23.5 Å². The van der Waals surface area contributed by atoms with Gasteiger partial charge in [0.15, 0.2) is 0 Å². The fourth-order valence-electron chi connectivity index (χ4n) is 3.86. The number of hydrogen-bond acceptors (Lipinski definition) is 12. The van der Waals surface area contributed by atoms with Crippen LogP contribution in [0.4, 0.5) is 0 Å². The predicted octanol–water partition coefficient (Wildman–Crippen LogP) is 6.71. The lowest BCUT2D eigenvalue weighted by Gasteiger charge is -2.00. The number of carboxylic acid groups (broad SMARTS) is 1. The average Bonchev–Trinajstić information content (AvgIpc) is 3.60. The van der Waals surface area contributed by atoms with E-state index in [-0.39, 0.29) is 18.3 Å². The van der Waals surface area contributed by atoms with E-state index in [1.807, 2.05) is 62.4 Å². The molecule has 0 aliphatic carbocycles. The Morgan fingerprint density at radius 2 is 1.15 bits per heavy atom. The van der Waals surface area contributed by atoms with Crippen molar-refractivity contribution in [2.45, 2.75) is 52.4 Å². The molecule has 2 aromatic carbocycles. The van der Waals surface area contributed by atoms with Crippen LogP contribution in [0.15, 0.2) is 57.4 Å². The number of rotatable bonds is 15. The van der Waals surface area contributed by atoms with Crippen molar-refractivity contribution in [3.8, 4) is 22.9 Å². The highest BCUT2D eigenvalue weighted by atomic mass is 32.2. The quantitative estimate of drug-likeness (QED) is 0.127. The summed E-state index contributed by atoms with van der Waals surface area (Å²) < 4.78 is 26.5. The van der Waals surface area contributed by atoms with Crippen LogP contribution in [0, 0.1) is 13.8 Å². The number of aryl methyl sites for hydroxylation is 2. The molecule has 0 aliphatic heterocycles. The van der Waals surface area contributed by atoms with Crippen molar-refractivity contribution in [2.75, 3.05) is 38.9 Å². The number of aliphatic hydroxyl groups excluding tert-OH is 1. The maximum atomic E-state index is 11.3. The number of aliphatic hydroxyl groups is 1. The van der Waals surface area contributed by atoms with Crippen molar-refractivity contribution in [3.05, 3.63) is 82.6 Å². The molecule has 2 heterocycles. The van der Waals surface area contributed by atoms with Gasteiger partial charge in [0.25, 0.3) is 0 Å². The van der Waals surface area contributed by atoms with Gasteiger partial charge in [-0.1, -0.05) is 24.3 Å². The topological polar surface area (TPSA) is 154 Å². The summed E-state index contributed by atoms with van der Waals surface area (Å²) in [6, 6.07) is 15.7. The van der Waals surface area contributed by atoms with Crippen LogP contribution < -0.4 is 0 Å². The van der Waals surface area contributed by atoms with E-state index < -0.39 is 5.97 Å². The molecule has 2 N–H and O–H groups in total. The van der Waals surface area contributed by atoms with Gasteiger partial charge in [0.05, 0.1) is 42.7 Å². The van der Waals surface area contributed by atoms with Crippen LogP contribution in [0.5, 0.6) is 0 Å². The fraction of sp³-hybridized carbons (Fsp3) is 0.412. The van der Waals surface area contributed by atoms with Crippen LogP contribution in [0.3, 0.4) is 0 Å². The Morgan fingerprint density at radius 1 is 0.745 bits per heavy atom. The summed E-state index contributed by atoms with van der Waals surface area (Å²) in [5, 5.41) is 16.2. The third kappa shape index (κ3) is 14.4. The second-order valence-corrected chi connectivity index (χ2v) is 11.8. The van der Waals surface area contributed by atoms with Gasteiger partial charge in [0.1, 0.15) is 11.5 Å². The molecule has 4 rings (SSSR count). The molecular formula is C34H44N2O9S2. The number of oxazole rings is 2. The predicted molar refractivity (Wildman–Crippen MR) is 184 cm³/mol. The fourth-order valence-corrected chi connectivity index (χ4v) is 5.41. The summed E-state index contributed by atoms with van der Waals surface area (Å²) in [4.78, 5) is 30.8. The minimum absolute atomic E-state index is 0.0628. The van der Waals surface area contributed by atoms with Crippen molar-refractivity contribution in [1.29, 1.82) is 0 Å². The van der Waals surface area contributed by atoms with E-state index in [1.54, 1.807) is 28.1 Å². The number of nitrogens with zero attached hydrogens (tertiary/aromatic N) is 2. The van der Waals surface area contributed by atoms with Gasteiger partial charge >= 0.3 is 11.9 Å². The van der Waals surface area contributed by atoms with Gasteiger partial charge in [0, 0.05) is 43.5 Å². The van der Waals surface area contributed by atoms with Crippen LogP contribution in [0.25, 0.3) is 22.9 Å². The normalized spacial score (nSPS) is 10.4. The molecule has 0 saturated heterocycles. The molecule has 0 spiro atoms. The number of methoxy groups -OCH3 is 2. The van der Waals surface area contributed by atoms with Crippen molar-refractivity contribution in [1.82, 2.24) is 9.97 Å². The highest BCUT2D eigenvalue weighted by Crippen LogP contribution is 2.26. The van der Waals surface area contributed by atoms with Crippen molar-refractivity contribution < 1.29 is 42.8 Å². The van der Waals surface area contributed by atoms with Gasteiger partial charge in [0.2, 0.25) is 11.8 Å². The third-order valence-electron chi connectivity index (χ3n) is 6.04. The molecule has 2 aromatic heterocycles. The molecule has 256 valence electrons. The van der Waals surface area contributed by atoms with Crippen molar-refractivity contribution >= 4 is 35.5 Å². The molecule has 0 amide bonds. The Bertz CT molecular complexity index is 1490. The van der Waals surface area contributed by atoms with Crippen LogP contribution in [-0.4, -0.2) is 71.1 Å². The molecule has 0 radical (unpaired) electrons. The molecule has 11 nitrogen and oxygen atoms in total. The standard InChI is InChI=1S/C17H21NO4S.C15H17NO4S.C2H6O/c1-4-21-16(19)11-23-10-15-12(2)22-17(18-15)14-7-5-13(6-8-14)9-20-3;1-10-13(8-21-9-14(17)18)16-15(20-10)12-5-3-11(4-6-12)7-19-2;1-2-3/h5-8H,4,9-11H2,1-3H3;3-6H,7-9H2,1-2H3,(H,17,18);3H,2H2,1H3. The first kappa shape index (κ1) is 39.6. The van der Waals surface area contributed by atoms with E-state index in [1.165, 1.54) is 23.5 Å². The Balaban J connectivity index is 0.000000303. The number of aliphatic carboxylic acids is 1. The van der Waals surface area contributed by atoms with Crippen LogP contribution in [0.2, 0.25) is 0 Å². The van der Waals surface area contributed by atoms with Gasteiger partial charge in [-0.25, -0.2) is 9.97 Å². The lowest BCUT2D eigenvalue weighted by atomic mass is 10.1. The first-order valence-corrected chi connectivity index (χ1v) is 17.2. The van der Waals surface area contributed by atoms with Crippen molar-refractivity contribution in [2.24, 2.45) is 0 Å². The van der Waals surface area contributed by atoms with Crippen LogP contribution in [-0.2, 0) is 48.5 Å². The Labute approximate surface area is 284 Å². The highest BCUT2D eigenvalue weighted by molar-refractivity contribution is 7.99. The van der Waals surface area contributed by atoms with E-state index in [9.17, 15) is 9.59 Å². The van der Waals surface area contributed by atoms with Gasteiger partial charge in [-0.05, 0) is 63.1 Å². The van der Waals surface area contributed by atoms with E-state index in [0.717, 1.165) is 45.2 Å². The molecule has 0 unspecified atom stereocenters. The van der Waals surface area contributed by atoms with Gasteiger partial charge < -0.3 is 33.3 Å². The lowest BCUT2D eigenvalue weighted by molar-refractivity contribution is -0.140. The number of carbonyl (C=O) groups excluding carboxylic acids is 1. The van der Waals surface area contributed by atoms with Crippen molar-refractivity contribution in [3.63, 3.8) is 0 Å². The number of aromatic nitrogens is 2. The summed E-state index contributed by atoms with van der Waals surface area (Å²) in [7, 11) is 3.33. The molecule has 0 saturated carbocycles. The highest BCUT2D eigenvalue weighted by Gasteiger charge is 2.14. The number of hydrogen-bond donors (Lipinski definition) is 2. The SMILES string of the molecule is CCO.CCOC(=O)CSCc1nc(-c2ccc(COC)cc2)oc1C.COCc1ccc(-c2nc(CSCC(=O)O)c(C)o2)cc1. The first-order valence-electron chi connectivity index (χ1n) is 14.9. The van der Waals surface area contributed by atoms with Gasteiger partial charge in [-0.2, -0.15) is 0 Å². The Hall–Kier alpha value is -3.62. The van der Waals surface area contributed by atoms with Crippen LogP contribution in [0.1, 0.15) is 47.9 Å². The summed E-state index contributed by atoms with van der Waals surface area (Å²) >= 11 is 2.78. The zero-order valence-corrected chi connectivity index (χ0v) is 29.4. The Kier molecular flexibility index (Phi) is 18.6. The van der Waals surface area contributed by atoms with E-state index in [0.29, 0.717) is 48.9 Å². The number of benzene rings is 2. The van der Waals surface area contributed by atoms with Gasteiger partial charge in [-0.3, -0.25) is 9.59 Å². The molecular weight excluding hydrogens is 645 g/mol. The number of esters is 1. The number of carboxylic acids is 1. The summed E-state index contributed by atoms with van der Waals surface area (Å²) in [6.45, 7) is 9.02. The maximum absolute atomic E-state index is 11.3. The molecule has 0 bridgehead atoms. The number of carbonyl (C=O) groups is 2. The zero-order valence-electron chi connectivity index (χ0n) is 27.7. The Morgan fingerprint density at radius 3 is 1.51 bits per heavy atom. The monoisotopic (exact) mass is 688 g/mol. The smallest absolute Gasteiger partial charge is 0.315 e. The second-order valence-electron chi connectivity index (χ2n) is 9.80. The van der Waals surface area contributed by atoms with Crippen LogP contribution >= 0.6 is 23.5 Å². The molecule has 0 atom stereocenters. The molecule has 4 aromatic rings. The average molecular weight is 689 g/mol. The number of ether oxygens (including phenoxy) is 3. The van der Waals surface area contributed by atoms with E-state index >= 15 is 0 Å². The summed E-state index contributed by atoms with van der Waals surface area (Å²) in [5.74, 6) is 3.16. The van der Waals surface area contributed by atoms with E-state index in [4.69, 9.17) is 33.3 Å². The lowest BCUT2D eigenvalue weighted by Crippen LogP contribution is -2.06. The summed E-state index contributed by atoms with van der Waals surface area (Å²) in [6.07, 6.45) is 0. The molecule has 13 heteroatoms. The number of thioether (sulfide) groups is 2. The van der Waals surface area contributed by atoms with E-state index in [2.05, 4.69) is 9.97 Å². The molecule has 0 aliphatic rings. The second kappa shape index (κ2) is 22.0.